The standard InChI is InChI=1S/C11H12ClN3O2/c1-7-10(11(16)14-13-7)15-17-6-8-4-2-3-5-9(8)12/h2-5,7,13H,6H2,1H3,(H,14,16). The van der Waals surface area contributed by atoms with E-state index in [9.17, 15) is 4.79 Å². The van der Waals surface area contributed by atoms with Gasteiger partial charge < -0.3 is 4.84 Å². The summed E-state index contributed by atoms with van der Waals surface area (Å²) in [5, 5.41) is 4.43. The van der Waals surface area contributed by atoms with E-state index in [0.29, 0.717) is 10.7 Å². The first-order chi connectivity index (χ1) is 8.18. The minimum atomic E-state index is -0.267. The van der Waals surface area contributed by atoms with Crippen LogP contribution in [-0.2, 0) is 16.2 Å². The van der Waals surface area contributed by atoms with Crippen LogP contribution >= 0.6 is 11.6 Å². The average molecular weight is 254 g/mol. The monoisotopic (exact) mass is 253 g/mol. The van der Waals surface area contributed by atoms with E-state index >= 15 is 0 Å². The highest BCUT2D eigenvalue weighted by Gasteiger charge is 2.26. The lowest BCUT2D eigenvalue weighted by Crippen LogP contribution is -2.29. The quantitative estimate of drug-likeness (QED) is 0.797. The summed E-state index contributed by atoms with van der Waals surface area (Å²) in [5.41, 5.74) is 6.36. The van der Waals surface area contributed by atoms with Crippen LogP contribution in [0.1, 0.15) is 12.5 Å². The van der Waals surface area contributed by atoms with Crippen molar-refractivity contribution in [2.75, 3.05) is 0 Å². The number of nitrogens with zero attached hydrogens (tertiary/aromatic N) is 1. The number of hydrogen-bond donors (Lipinski definition) is 2. The first-order valence-corrected chi connectivity index (χ1v) is 5.55. The largest absolute Gasteiger partial charge is 0.390 e. The van der Waals surface area contributed by atoms with Gasteiger partial charge in [-0.2, -0.15) is 0 Å². The van der Waals surface area contributed by atoms with E-state index in [-0.39, 0.29) is 18.6 Å². The molecule has 1 aromatic carbocycles. The van der Waals surface area contributed by atoms with Crippen LogP contribution in [0.15, 0.2) is 29.4 Å². The summed E-state index contributed by atoms with van der Waals surface area (Å²) in [6, 6.07) is 7.17. The third-order valence-electron chi connectivity index (χ3n) is 2.39. The number of hydrazine groups is 1. The minimum Gasteiger partial charge on any atom is -0.390 e. The van der Waals surface area contributed by atoms with Crippen molar-refractivity contribution in [3.05, 3.63) is 34.9 Å². The molecule has 0 spiro atoms. The maximum atomic E-state index is 11.3. The molecule has 6 heteroatoms. The maximum absolute atomic E-state index is 11.3. The lowest BCUT2D eigenvalue weighted by Gasteiger charge is -2.03. The van der Waals surface area contributed by atoms with E-state index in [1.54, 1.807) is 6.07 Å². The zero-order valence-electron chi connectivity index (χ0n) is 9.24. The molecule has 5 nitrogen and oxygen atoms in total. The molecule has 1 aromatic rings. The topological polar surface area (TPSA) is 62.7 Å². The molecule has 90 valence electrons. The number of hydrogen-bond acceptors (Lipinski definition) is 4. The van der Waals surface area contributed by atoms with Crippen LogP contribution in [0.25, 0.3) is 0 Å². The molecule has 1 atom stereocenters. The number of amides is 1. The van der Waals surface area contributed by atoms with E-state index in [1.807, 2.05) is 25.1 Å². The lowest BCUT2D eigenvalue weighted by molar-refractivity contribution is -0.114. The number of oxime groups is 1. The molecule has 1 heterocycles. The second-order valence-corrected chi connectivity index (χ2v) is 4.07. The molecule has 0 radical (unpaired) electrons. The highest BCUT2D eigenvalue weighted by molar-refractivity contribution is 6.42. The molecule has 0 aliphatic carbocycles. The molecule has 1 saturated heterocycles. The number of carbonyl (C=O) groups excluding carboxylic acids is 1. The van der Waals surface area contributed by atoms with Gasteiger partial charge in [0.05, 0.1) is 6.04 Å². The molecule has 1 fully saturated rings. The smallest absolute Gasteiger partial charge is 0.284 e. The van der Waals surface area contributed by atoms with Gasteiger partial charge in [0, 0.05) is 10.6 Å². The zero-order chi connectivity index (χ0) is 12.3. The second kappa shape index (κ2) is 5.16. The molecule has 0 saturated carbocycles. The number of rotatable bonds is 3. The molecule has 17 heavy (non-hydrogen) atoms. The van der Waals surface area contributed by atoms with Gasteiger partial charge in [-0.15, -0.1) is 0 Å². The van der Waals surface area contributed by atoms with Crippen molar-refractivity contribution >= 4 is 23.2 Å². The minimum absolute atomic E-state index is 0.159. The van der Waals surface area contributed by atoms with Crippen LogP contribution in [0, 0.1) is 0 Å². The highest BCUT2D eigenvalue weighted by Crippen LogP contribution is 2.15. The third kappa shape index (κ3) is 2.75. The van der Waals surface area contributed by atoms with Crippen molar-refractivity contribution in [1.82, 2.24) is 10.9 Å². The number of halogens is 1. The van der Waals surface area contributed by atoms with Crippen molar-refractivity contribution in [2.24, 2.45) is 5.16 Å². The summed E-state index contributed by atoms with van der Waals surface area (Å²) < 4.78 is 0. The summed E-state index contributed by atoms with van der Waals surface area (Å²) in [7, 11) is 0. The average Bonchev–Trinajstić information content (AvgIpc) is 2.63. The molecule has 1 aliphatic heterocycles. The van der Waals surface area contributed by atoms with Crippen LogP contribution in [0.2, 0.25) is 5.02 Å². The second-order valence-electron chi connectivity index (χ2n) is 3.66. The molecule has 1 unspecified atom stereocenters. The fraction of sp³-hybridized carbons (Fsp3) is 0.273. The van der Waals surface area contributed by atoms with Crippen molar-refractivity contribution in [3.63, 3.8) is 0 Å². The van der Waals surface area contributed by atoms with Crippen molar-refractivity contribution < 1.29 is 9.63 Å². The predicted molar refractivity (Wildman–Crippen MR) is 64.4 cm³/mol. The van der Waals surface area contributed by atoms with Crippen LogP contribution < -0.4 is 10.9 Å². The van der Waals surface area contributed by atoms with Gasteiger partial charge in [0.1, 0.15) is 6.61 Å². The molecule has 2 N–H and O–H groups in total. The van der Waals surface area contributed by atoms with Crippen molar-refractivity contribution in [3.8, 4) is 0 Å². The number of carbonyl (C=O) groups is 1. The van der Waals surface area contributed by atoms with Gasteiger partial charge in [-0.1, -0.05) is 35.0 Å². The van der Waals surface area contributed by atoms with Crippen LogP contribution in [0.4, 0.5) is 0 Å². The van der Waals surface area contributed by atoms with Gasteiger partial charge in [-0.3, -0.25) is 10.2 Å². The Labute approximate surface area is 104 Å². The molecule has 0 bridgehead atoms. The van der Waals surface area contributed by atoms with E-state index in [1.165, 1.54) is 0 Å². The van der Waals surface area contributed by atoms with E-state index in [4.69, 9.17) is 16.4 Å². The Morgan fingerprint density at radius 2 is 2.24 bits per heavy atom. The SMILES string of the molecule is CC1NNC(=O)C1=NOCc1ccccc1Cl. The van der Waals surface area contributed by atoms with E-state index in [0.717, 1.165) is 5.56 Å². The molecule has 2 rings (SSSR count). The normalized spacial score (nSPS) is 21.6. The zero-order valence-corrected chi connectivity index (χ0v) is 9.99. The first kappa shape index (κ1) is 11.9. The van der Waals surface area contributed by atoms with Crippen molar-refractivity contribution in [2.45, 2.75) is 19.6 Å². The Hall–Kier alpha value is -1.59. The molecule has 1 aliphatic rings. The molecule has 1 amide bonds. The Bertz CT molecular complexity index is 462. The molecular formula is C11H12ClN3O2. The summed E-state index contributed by atoms with van der Waals surface area (Å²) in [5.74, 6) is -0.267. The summed E-state index contributed by atoms with van der Waals surface area (Å²) >= 11 is 5.96. The van der Waals surface area contributed by atoms with Gasteiger partial charge >= 0.3 is 0 Å². The van der Waals surface area contributed by atoms with Crippen LogP contribution in [0.3, 0.4) is 0 Å². The fourth-order valence-electron chi connectivity index (χ4n) is 1.41. The highest BCUT2D eigenvalue weighted by atomic mass is 35.5. The van der Waals surface area contributed by atoms with Gasteiger partial charge in [-0.05, 0) is 13.0 Å². The first-order valence-electron chi connectivity index (χ1n) is 5.17. The molecular weight excluding hydrogens is 242 g/mol. The van der Waals surface area contributed by atoms with E-state index < -0.39 is 0 Å². The Balaban J connectivity index is 1.98. The third-order valence-corrected chi connectivity index (χ3v) is 2.75. The Kier molecular flexibility index (Phi) is 3.61. The number of nitrogens with one attached hydrogen (secondary N) is 2. The van der Waals surface area contributed by atoms with Crippen LogP contribution in [0.5, 0.6) is 0 Å². The van der Waals surface area contributed by atoms with Gasteiger partial charge in [0.15, 0.2) is 5.71 Å². The van der Waals surface area contributed by atoms with Gasteiger partial charge in [0.2, 0.25) is 0 Å². The summed E-state index contributed by atoms with van der Waals surface area (Å²) in [6.07, 6.45) is 0. The number of benzene rings is 1. The van der Waals surface area contributed by atoms with Gasteiger partial charge in [0.25, 0.3) is 5.91 Å². The van der Waals surface area contributed by atoms with Gasteiger partial charge in [-0.25, -0.2) is 5.43 Å². The maximum Gasteiger partial charge on any atom is 0.284 e. The predicted octanol–water partition coefficient (Wildman–Crippen LogP) is 1.24. The fourth-order valence-corrected chi connectivity index (χ4v) is 1.60. The molecule has 0 aromatic heterocycles. The van der Waals surface area contributed by atoms with Crippen molar-refractivity contribution in [1.29, 1.82) is 0 Å². The summed E-state index contributed by atoms with van der Waals surface area (Å²) in [4.78, 5) is 16.4. The van der Waals surface area contributed by atoms with E-state index in [2.05, 4.69) is 16.0 Å². The van der Waals surface area contributed by atoms with Crippen LogP contribution in [-0.4, -0.2) is 17.7 Å². The Morgan fingerprint density at radius 3 is 2.88 bits per heavy atom. The summed E-state index contributed by atoms with van der Waals surface area (Å²) in [6.45, 7) is 2.05. The lowest BCUT2D eigenvalue weighted by atomic mass is 10.2. The Morgan fingerprint density at radius 1 is 1.47 bits per heavy atom.